The molecule has 0 spiro atoms. The molecule has 1 N–H and O–H groups in total. The second-order valence-electron chi connectivity index (χ2n) is 6.95. The summed E-state index contributed by atoms with van der Waals surface area (Å²) in [5, 5.41) is 2.77. The fraction of sp³-hybridized carbons (Fsp3) is 0.227. The first kappa shape index (κ1) is 20.2. The van der Waals surface area contributed by atoms with Crippen molar-refractivity contribution in [1.82, 2.24) is 0 Å². The quantitative estimate of drug-likeness (QED) is 0.650. The lowest BCUT2D eigenvalue weighted by Crippen LogP contribution is -2.36. The highest BCUT2D eigenvalue weighted by molar-refractivity contribution is 7.90. The van der Waals surface area contributed by atoms with Gasteiger partial charge in [0.25, 0.3) is 5.91 Å². The lowest BCUT2D eigenvalue weighted by atomic mass is 10.2. The second kappa shape index (κ2) is 8.73. The summed E-state index contributed by atoms with van der Waals surface area (Å²) in [6.45, 7) is 3.06. The normalized spacial score (nSPS) is 14.5. The number of anilines is 2. The van der Waals surface area contributed by atoms with Crippen molar-refractivity contribution < 1.29 is 22.4 Å². The van der Waals surface area contributed by atoms with Crippen molar-refractivity contribution >= 4 is 27.1 Å². The first-order valence-electron chi connectivity index (χ1n) is 9.61. The maximum atomic E-state index is 12.7. The first-order valence-corrected chi connectivity index (χ1v) is 11.3. The number of amides is 1. The Morgan fingerprint density at radius 2 is 1.67 bits per heavy atom. The third-order valence-electron chi connectivity index (χ3n) is 4.90. The predicted molar refractivity (Wildman–Crippen MR) is 113 cm³/mol. The van der Waals surface area contributed by atoms with E-state index < -0.39 is 15.7 Å². The molecule has 156 valence electrons. The predicted octanol–water partition coefficient (Wildman–Crippen LogP) is 3.34. The van der Waals surface area contributed by atoms with Crippen molar-refractivity contribution in [2.24, 2.45) is 0 Å². The van der Waals surface area contributed by atoms with Gasteiger partial charge >= 0.3 is 0 Å². The van der Waals surface area contributed by atoms with Gasteiger partial charge in [-0.25, -0.2) is 8.42 Å². The highest BCUT2D eigenvalue weighted by atomic mass is 32.2. The number of carbonyl (C=O) groups is 1. The monoisotopic (exact) mass is 426 g/mol. The average Bonchev–Trinajstić information content (AvgIpc) is 3.23. The van der Waals surface area contributed by atoms with Gasteiger partial charge in [0.1, 0.15) is 0 Å². The molecule has 3 aromatic rings. The number of hydrogen-bond donors (Lipinski definition) is 1. The lowest BCUT2D eigenvalue weighted by molar-refractivity contribution is 0.0996. The molecular weight excluding hydrogens is 404 g/mol. The number of carbonyl (C=O) groups excluding carboxylic acids is 1. The average molecular weight is 426 g/mol. The molecule has 1 fully saturated rings. The molecule has 30 heavy (non-hydrogen) atoms. The van der Waals surface area contributed by atoms with Crippen molar-refractivity contribution in [2.45, 2.75) is 10.6 Å². The minimum absolute atomic E-state index is 0.00763. The molecule has 7 nitrogen and oxygen atoms in total. The molecule has 1 aliphatic heterocycles. The molecule has 0 aliphatic carbocycles. The molecule has 0 atom stereocenters. The minimum atomic E-state index is -3.59. The molecule has 0 unspecified atom stereocenters. The smallest absolute Gasteiger partial charge is 0.291 e. The van der Waals surface area contributed by atoms with Crippen molar-refractivity contribution in [3.8, 4) is 0 Å². The number of rotatable bonds is 6. The number of ether oxygens (including phenoxy) is 1. The molecule has 1 aromatic heterocycles. The van der Waals surface area contributed by atoms with Gasteiger partial charge in [-0.3, -0.25) is 4.79 Å². The van der Waals surface area contributed by atoms with E-state index in [-0.39, 0.29) is 16.4 Å². The summed E-state index contributed by atoms with van der Waals surface area (Å²) in [6.07, 6.45) is 1.33. The number of nitrogens with zero attached hydrogens (tertiary/aromatic N) is 1. The Hall–Kier alpha value is -3.10. The van der Waals surface area contributed by atoms with E-state index in [2.05, 4.69) is 10.2 Å². The summed E-state index contributed by atoms with van der Waals surface area (Å²) in [5.74, 6) is -0.809. The Morgan fingerprint density at radius 1 is 0.967 bits per heavy atom. The fourth-order valence-electron chi connectivity index (χ4n) is 3.33. The van der Waals surface area contributed by atoms with Gasteiger partial charge in [-0.2, -0.15) is 0 Å². The van der Waals surface area contributed by atoms with Gasteiger partial charge in [-0.1, -0.05) is 18.2 Å². The molecule has 2 heterocycles. The highest BCUT2D eigenvalue weighted by Crippen LogP contribution is 2.22. The largest absolute Gasteiger partial charge is 0.459 e. The summed E-state index contributed by atoms with van der Waals surface area (Å²) in [6, 6.07) is 17.1. The molecule has 0 saturated carbocycles. The zero-order chi connectivity index (χ0) is 21.0. The first-order chi connectivity index (χ1) is 14.5. The number of nitrogens with one attached hydrogen (secondary N) is 1. The molecule has 0 radical (unpaired) electrons. The molecule has 2 aromatic carbocycles. The van der Waals surface area contributed by atoms with Crippen LogP contribution in [0.1, 0.15) is 16.1 Å². The van der Waals surface area contributed by atoms with Gasteiger partial charge in [0.15, 0.2) is 15.6 Å². The van der Waals surface area contributed by atoms with E-state index in [1.54, 1.807) is 18.2 Å². The molecule has 8 heteroatoms. The van der Waals surface area contributed by atoms with Crippen molar-refractivity contribution in [3.05, 3.63) is 78.3 Å². The van der Waals surface area contributed by atoms with Crippen LogP contribution < -0.4 is 10.2 Å². The maximum Gasteiger partial charge on any atom is 0.291 e. The van der Waals surface area contributed by atoms with Crippen LogP contribution in [0.25, 0.3) is 0 Å². The van der Waals surface area contributed by atoms with Crippen LogP contribution in [0.4, 0.5) is 11.4 Å². The highest BCUT2D eigenvalue weighted by Gasteiger charge is 2.22. The van der Waals surface area contributed by atoms with Crippen molar-refractivity contribution in [1.29, 1.82) is 0 Å². The van der Waals surface area contributed by atoms with E-state index in [4.69, 9.17) is 9.15 Å². The Labute approximate surface area is 175 Å². The number of benzene rings is 2. The van der Waals surface area contributed by atoms with E-state index in [1.807, 2.05) is 24.3 Å². The molecule has 1 amide bonds. The summed E-state index contributed by atoms with van der Waals surface area (Å²) < 4.78 is 35.9. The Balaban J connectivity index is 1.45. The second-order valence-corrected chi connectivity index (χ2v) is 8.94. The Morgan fingerprint density at radius 3 is 2.37 bits per heavy atom. The van der Waals surface area contributed by atoms with Gasteiger partial charge in [0, 0.05) is 30.0 Å². The zero-order valence-corrected chi connectivity index (χ0v) is 17.1. The van der Waals surface area contributed by atoms with E-state index >= 15 is 0 Å². The van der Waals surface area contributed by atoms with E-state index in [1.165, 1.54) is 24.5 Å². The van der Waals surface area contributed by atoms with Gasteiger partial charge in [0.05, 0.1) is 30.1 Å². The third kappa shape index (κ3) is 4.55. The van der Waals surface area contributed by atoms with Crippen LogP contribution in [-0.2, 0) is 20.3 Å². The third-order valence-corrected chi connectivity index (χ3v) is 6.58. The van der Waals surface area contributed by atoms with Gasteiger partial charge in [-0.05, 0) is 42.5 Å². The lowest BCUT2D eigenvalue weighted by Gasteiger charge is -2.28. The van der Waals surface area contributed by atoms with Gasteiger partial charge in [-0.15, -0.1) is 0 Å². The number of furan rings is 1. The fourth-order valence-corrected chi connectivity index (χ4v) is 4.70. The Bertz CT molecular complexity index is 1100. The number of sulfone groups is 1. The van der Waals surface area contributed by atoms with Crippen LogP contribution in [0.2, 0.25) is 0 Å². The van der Waals surface area contributed by atoms with Crippen molar-refractivity contribution in [3.63, 3.8) is 0 Å². The SMILES string of the molecule is O=C(Nc1ccc(N2CCOCC2)cc1)c1occc1CS(=O)(=O)c1ccccc1. The zero-order valence-electron chi connectivity index (χ0n) is 16.3. The maximum absolute atomic E-state index is 12.7. The van der Waals surface area contributed by atoms with Crippen LogP contribution in [0, 0.1) is 0 Å². The number of morpholine rings is 1. The standard InChI is InChI=1S/C22H22N2O5S/c25-22(23-18-6-8-19(9-7-18)24-11-14-28-15-12-24)21-17(10-13-29-21)16-30(26,27)20-4-2-1-3-5-20/h1-10,13H,11-12,14-16H2,(H,23,25). The topological polar surface area (TPSA) is 88.8 Å². The summed E-state index contributed by atoms with van der Waals surface area (Å²) in [5.41, 5.74) is 1.98. The molecule has 1 saturated heterocycles. The van der Waals surface area contributed by atoms with Crippen LogP contribution in [0.15, 0.2) is 76.2 Å². The number of hydrogen-bond acceptors (Lipinski definition) is 6. The molecule has 1 aliphatic rings. The Kier molecular flexibility index (Phi) is 5.87. The van der Waals surface area contributed by atoms with Crippen LogP contribution in [0.3, 0.4) is 0 Å². The van der Waals surface area contributed by atoms with Crippen LogP contribution in [-0.4, -0.2) is 40.6 Å². The van der Waals surface area contributed by atoms with Crippen LogP contribution in [0.5, 0.6) is 0 Å². The van der Waals surface area contributed by atoms with E-state index in [0.29, 0.717) is 24.5 Å². The summed E-state index contributed by atoms with van der Waals surface area (Å²) in [4.78, 5) is 15.1. The summed E-state index contributed by atoms with van der Waals surface area (Å²) >= 11 is 0. The van der Waals surface area contributed by atoms with E-state index in [0.717, 1.165) is 18.8 Å². The molecular formula is C22H22N2O5S. The van der Waals surface area contributed by atoms with Crippen LogP contribution >= 0.6 is 0 Å². The molecule has 0 bridgehead atoms. The minimum Gasteiger partial charge on any atom is -0.459 e. The summed E-state index contributed by atoms with van der Waals surface area (Å²) in [7, 11) is -3.59. The van der Waals surface area contributed by atoms with Crippen molar-refractivity contribution in [2.75, 3.05) is 36.5 Å². The van der Waals surface area contributed by atoms with E-state index in [9.17, 15) is 13.2 Å². The van der Waals surface area contributed by atoms with Gasteiger partial charge in [0.2, 0.25) is 0 Å². The molecule has 4 rings (SSSR count). The van der Waals surface area contributed by atoms with Gasteiger partial charge < -0.3 is 19.4 Å².